The summed E-state index contributed by atoms with van der Waals surface area (Å²) in [7, 11) is 1.59. The van der Waals surface area contributed by atoms with Gasteiger partial charge in [-0.25, -0.2) is 4.98 Å². The number of hydrogen-bond donors (Lipinski definition) is 1. The SMILES string of the molecule is COc1ccc2nc(N)n(Cc3sccc3Br)c2n1. The highest BCUT2D eigenvalue weighted by Gasteiger charge is 2.12. The summed E-state index contributed by atoms with van der Waals surface area (Å²) < 4.78 is 8.10. The van der Waals surface area contributed by atoms with Gasteiger partial charge in [0.05, 0.1) is 13.7 Å². The van der Waals surface area contributed by atoms with E-state index >= 15 is 0 Å². The molecule has 0 aromatic carbocycles. The highest BCUT2D eigenvalue weighted by molar-refractivity contribution is 9.10. The summed E-state index contributed by atoms with van der Waals surface area (Å²) in [6.45, 7) is 0.640. The number of nitrogen functional groups attached to an aromatic ring is 1. The van der Waals surface area contributed by atoms with Gasteiger partial charge >= 0.3 is 0 Å². The fraction of sp³-hybridized carbons (Fsp3) is 0.167. The van der Waals surface area contributed by atoms with Crippen molar-refractivity contribution in [3.63, 3.8) is 0 Å². The summed E-state index contributed by atoms with van der Waals surface area (Å²) in [6.07, 6.45) is 0. The quantitative estimate of drug-likeness (QED) is 0.797. The van der Waals surface area contributed by atoms with Crippen LogP contribution in [0.4, 0.5) is 5.95 Å². The van der Waals surface area contributed by atoms with E-state index in [-0.39, 0.29) is 0 Å². The van der Waals surface area contributed by atoms with E-state index in [1.54, 1.807) is 24.5 Å². The number of halogens is 1. The van der Waals surface area contributed by atoms with Crippen LogP contribution in [0.15, 0.2) is 28.1 Å². The minimum Gasteiger partial charge on any atom is -0.481 e. The van der Waals surface area contributed by atoms with Gasteiger partial charge in [0.15, 0.2) is 5.65 Å². The fourth-order valence-electron chi connectivity index (χ4n) is 1.85. The molecule has 0 bridgehead atoms. The maximum atomic E-state index is 5.97. The van der Waals surface area contributed by atoms with Crippen LogP contribution in [0.3, 0.4) is 0 Å². The number of methoxy groups -OCH3 is 1. The Morgan fingerprint density at radius 1 is 1.37 bits per heavy atom. The molecular weight excluding hydrogens is 328 g/mol. The largest absolute Gasteiger partial charge is 0.481 e. The van der Waals surface area contributed by atoms with Crippen LogP contribution < -0.4 is 10.5 Å². The van der Waals surface area contributed by atoms with Gasteiger partial charge in [-0.2, -0.15) is 4.98 Å². The molecule has 3 rings (SSSR count). The molecule has 0 aliphatic heterocycles. The molecule has 0 fully saturated rings. The van der Waals surface area contributed by atoms with Gasteiger partial charge in [0, 0.05) is 15.4 Å². The molecule has 3 heterocycles. The number of nitrogens with two attached hydrogens (primary N) is 1. The number of anilines is 1. The third-order valence-corrected chi connectivity index (χ3v) is 4.71. The van der Waals surface area contributed by atoms with Crippen LogP contribution >= 0.6 is 27.3 Å². The third-order valence-electron chi connectivity index (χ3n) is 2.80. The maximum Gasteiger partial charge on any atom is 0.215 e. The van der Waals surface area contributed by atoms with E-state index in [0.717, 1.165) is 15.6 Å². The van der Waals surface area contributed by atoms with Crippen LogP contribution in [0.2, 0.25) is 0 Å². The van der Waals surface area contributed by atoms with Gasteiger partial charge in [-0.15, -0.1) is 11.3 Å². The zero-order chi connectivity index (χ0) is 13.4. The van der Waals surface area contributed by atoms with Crippen LogP contribution in [0.5, 0.6) is 5.88 Å². The van der Waals surface area contributed by atoms with E-state index < -0.39 is 0 Å². The average Bonchev–Trinajstić information content (AvgIpc) is 2.94. The first kappa shape index (κ1) is 12.4. The van der Waals surface area contributed by atoms with Crippen molar-refractivity contribution in [3.8, 4) is 5.88 Å². The Labute approximate surface area is 122 Å². The number of pyridine rings is 1. The fourth-order valence-corrected chi connectivity index (χ4v) is 3.32. The first-order chi connectivity index (χ1) is 9.19. The number of hydrogen-bond acceptors (Lipinski definition) is 5. The molecule has 0 radical (unpaired) electrons. The minimum atomic E-state index is 0.455. The van der Waals surface area contributed by atoms with E-state index in [4.69, 9.17) is 10.5 Å². The van der Waals surface area contributed by atoms with Gasteiger partial charge in [0.2, 0.25) is 11.8 Å². The highest BCUT2D eigenvalue weighted by Crippen LogP contribution is 2.27. The summed E-state index contributed by atoms with van der Waals surface area (Å²) in [4.78, 5) is 9.90. The van der Waals surface area contributed by atoms with E-state index in [0.29, 0.717) is 18.4 Å². The lowest BCUT2D eigenvalue weighted by Crippen LogP contribution is -2.04. The Kier molecular flexibility index (Phi) is 3.16. The highest BCUT2D eigenvalue weighted by atomic mass is 79.9. The van der Waals surface area contributed by atoms with E-state index in [1.807, 2.05) is 22.1 Å². The molecule has 5 nitrogen and oxygen atoms in total. The predicted octanol–water partition coefficient (Wildman–Crippen LogP) is 2.89. The molecule has 0 atom stereocenters. The van der Waals surface area contributed by atoms with Crippen LogP contribution in [0, 0.1) is 0 Å². The number of imidazole rings is 1. The van der Waals surface area contributed by atoms with Gasteiger partial charge in [-0.05, 0) is 33.4 Å². The molecule has 7 heteroatoms. The van der Waals surface area contributed by atoms with Gasteiger partial charge < -0.3 is 10.5 Å². The zero-order valence-corrected chi connectivity index (χ0v) is 12.5. The molecule has 3 aromatic rings. The standard InChI is InChI=1S/C12H11BrN4OS/c1-18-10-3-2-8-11(16-10)17(12(14)15-8)6-9-7(13)4-5-19-9/h2-5H,6H2,1H3,(H2,14,15). The Hall–Kier alpha value is -1.60. The van der Waals surface area contributed by atoms with Crippen LogP contribution in [0.25, 0.3) is 11.2 Å². The molecule has 3 aromatic heterocycles. The Balaban J connectivity index is 2.11. The van der Waals surface area contributed by atoms with Crippen molar-refractivity contribution in [2.24, 2.45) is 0 Å². The van der Waals surface area contributed by atoms with Gasteiger partial charge in [0.1, 0.15) is 5.52 Å². The summed E-state index contributed by atoms with van der Waals surface area (Å²) in [5.41, 5.74) is 7.47. The summed E-state index contributed by atoms with van der Waals surface area (Å²) in [6, 6.07) is 5.65. The lowest BCUT2D eigenvalue weighted by atomic mass is 10.4. The summed E-state index contributed by atoms with van der Waals surface area (Å²) in [5.74, 6) is 1.01. The van der Waals surface area contributed by atoms with E-state index in [1.165, 1.54) is 4.88 Å². The molecule has 0 amide bonds. The molecule has 0 aliphatic carbocycles. The van der Waals surface area contributed by atoms with Gasteiger partial charge in [-0.1, -0.05) is 0 Å². The first-order valence-electron chi connectivity index (χ1n) is 5.57. The molecule has 0 saturated carbocycles. The first-order valence-corrected chi connectivity index (χ1v) is 7.25. The molecule has 0 saturated heterocycles. The normalized spacial score (nSPS) is 11.1. The van der Waals surface area contributed by atoms with Gasteiger partial charge in [0.25, 0.3) is 0 Å². The minimum absolute atomic E-state index is 0.455. The second-order valence-electron chi connectivity index (χ2n) is 3.94. The van der Waals surface area contributed by atoms with Crippen molar-refractivity contribution in [1.29, 1.82) is 0 Å². The topological polar surface area (TPSA) is 66.0 Å². The lowest BCUT2D eigenvalue weighted by Gasteiger charge is -2.05. The van der Waals surface area contributed by atoms with E-state index in [2.05, 4.69) is 25.9 Å². The number of nitrogens with zero attached hydrogens (tertiary/aromatic N) is 3. The third kappa shape index (κ3) is 2.19. The van der Waals surface area contributed by atoms with Crippen molar-refractivity contribution < 1.29 is 4.74 Å². The van der Waals surface area contributed by atoms with Crippen LogP contribution in [-0.4, -0.2) is 21.6 Å². The Bertz CT molecular complexity index is 736. The number of rotatable bonds is 3. The van der Waals surface area contributed by atoms with Gasteiger partial charge in [-0.3, -0.25) is 4.57 Å². The molecule has 2 N–H and O–H groups in total. The Morgan fingerprint density at radius 2 is 2.21 bits per heavy atom. The summed E-state index contributed by atoms with van der Waals surface area (Å²) in [5, 5.41) is 2.03. The average molecular weight is 339 g/mol. The molecule has 0 unspecified atom stereocenters. The monoisotopic (exact) mass is 338 g/mol. The molecular formula is C12H11BrN4OS. The molecule has 98 valence electrons. The Morgan fingerprint density at radius 3 is 2.89 bits per heavy atom. The molecule has 0 spiro atoms. The van der Waals surface area contributed by atoms with Crippen molar-refractivity contribution in [2.75, 3.05) is 12.8 Å². The van der Waals surface area contributed by atoms with Crippen molar-refractivity contribution >= 4 is 44.4 Å². The lowest BCUT2D eigenvalue weighted by molar-refractivity contribution is 0.399. The number of fused-ring (bicyclic) bond motifs is 1. The van der Waals surface area contributed by atoms with Crippen LogP contribution in [-0.2, 0) is 6.54 Å². The van der Waals surface area contributed by atoms with Crippen molar-refractivity contribution in [3.05, 3.63) is 32.9 Å². The van der Waals surface area contributed by atoms with E-state index in [9.17, 15) is 0 Å². The summed E-state index contributed by atoms with van der Waals surface area (Å²) >= 11 is 5.18. The smallest absolute Gasteiger partial charge is 0.215 e. The predicted molar refractivity (Wildman–Crippen MR) is 79.6 cm³/mol. The van der Waals surface area contributed by atoms with Crippen LogP contribution in [0.1, 0.15) is 4.88 Å². The number of thiophene rings is 1. The maximum absolute atomic E-state index is 5.97. The second-order valence-corrected chi connectivity index (χ2v) is 5.80. The molecule has 19 heavy (non-hydrogen) atoms. The number of aromatic nitrogens is 3. The molecule has 0 aliphatic rings. The van der Waals surface area contributed by atoms with Crippen molar-refractivity contribution in [2.45, 2.75) is 6.54 Å². The second kappa shape index (κ2) is 4.82. The zero-order valence-electron chi connectivity index (χ0n) is 10.1. The van der Waals surface area contributed by atoms with Crippen molar-refractivity contribution in [1.82, 2.24) is 14.5 Å². The number of ether oxygens (including phenoxy) is 1.